The van der Waals surface area contributed by atoms with Crippen molar-refractivity contribution in [1.29, 1.82) is 5.26 Å². The van der Waals surface area contributed by atoms with E-state index in [1.807, 2.05) is 6.07 Å². The fourth-order valence-electron chi connectivity index (χ4n) is 0.872. The maximum absolute atomic E-state index is 8.54. The zero-order valence-corrected chi connectivity index (χ0v) is 7.60. The summed E-state index contributed by atoms with van der Waals surface area (Å²) in [5.74, 6) is 0. The Morgan fingerprint density at radius 1 is 1.33 bits per heavy atom. The van der Waals surface area contributed by atoms with Gasteiger partial charge in [0.25, 0.3) is 0 Å². The van der Waals surface area contributed by atoms with Gasteiger partial charge in [-0.15, -0.1) is 0 Å². The van der Waals surface area contributed by atoms with E-state index < -0.39 is 6.04 Å². The SMILES string of the molecule is N#CC(N)c1c(Cl)cccc1Cl. The van der Waals surface area contributed by atoms with E-state index in [-0.39, 0.29) is 0 Å². The van der Waals surface area contributed by atoms with Gasteiger partial charge in [0.1, 0.15) is 6.04 Å². The molecule has 0 saturated heterocycles. The lowest BCUT2D eigenvalue weighted by Gasteiger charge is -2.07. The highest BCUT2D eigenvalue weighted by Crippen LogP contribution is 2.28. The Hall–Kier alpha value is -0.750. The van der Waals surface area contributed by atoms with Crippen molar-refractivity contribution in [3.8, 4) is 6.07 Å². The van der Waals surface area contributed by atoms with Gasteiger partial charge in [0.2, 0.25) is 0 Å². The third kappa shape index (κ3) is 1.70. The summed E-state index contributed by atoms with van der Waals surface area (Å²) in [5, 5.41) is 9.40. The first-order valence-corrected chi connectivity index (χ1v) is 4.01. The van der Waals surface area contributed by atoms with E-state index in [2.05, 4.69) is 0 Å². The predicted molar refractivity (Wildman–Crippen MR) is 49.0 cm³/mol. The zero-order valence-electron chi connectivity index (χ0n) is 6.09. The molecule has 0 spiro atoms. The Labute approximate surface area is 80.5 Å². The summed E-state index contributed by atoms with van der Waals surface area (Å²) in [6.45, 7) is 0. The van der Waals surface area contributed by atoms with Crippen molar-refractivity contribution in [2.45, 2.75) is 6.04 Å². The number of halogens is 2. The van der Waals surface area contributed by atoms with E-state index in [0.717, 1.165) is 0 Å². The molecule has 0 aliphatic heterocycles. The average Bonchev–Trinajstić information content (AvgIpc) is 2.03. The molecule has 0 aliphatic carbocycles. The van der Waals surface area contributed by atoms with Crippen LogP contribution >= 0.6 is 23.2 Å². The second kappa shape index (κ2) is 3.77. The summed E-state index contributed by atoms with van der Waals surface area (Å²) in [4.78, 5) is 0. The fourth-order valence-corrected chi connectivity index (χ4v) is 1.50. The average molecular weight is 201 g/mol. The Bertz CT molecular complexity index is 310. The van der Waals surface area contributed by atoms with Gasteiger partial charge in [0.15, 0.2) is 0 Å². The smallest absolute Gasteiger partial charge is 0.121 e. The van der Waals surface area contributed by atoms with Crippen molar-refractivity contribution in [3.63, 3.8) is 0 Å². The van der Waals surface area contributed by atoms with Gasteiger partial charge in [-0.25, -0.2) is 0 Å². The molecule has 0 fully saturated rings. The molecule has 2 nitrogen and oxygen atoms in total. The van der Waals surface area contributed by atoms with Crippen LogP contribution in [0.15, 0.2) is 18.2 Å². The van der Waals surface area contributed by atoms with Crippen molar-refractivity contribution in [1.82, 2.24) is 0 Å². The Morgan fingerprint density at radius 3 is 2.25 bits per heavy atom. The lowest BCUT2D eigenvalue weighted by Crippen LogP contribution is -2.08. The highest BCUT2D eigenvalue weighted by molar-refractivity contribution is 6.36. The lowest BCUT2D eigenvalue weighted by atomic mass is 10.1. The van der Waals surface area contributed by atoms with Gasteiger partial charge in [-0.1, -0.05) is 29.3 Å². The monoisotopic (exact) mass is 200 g/mol. The molecule has 1 rings (SSSR count). The molecule has 0 bridgehead atoms. The summed E-state index contributed by atoms with van der Waals surface area (Å²) in [6.07, 6.45) is 0. The van der Waals surface area contributed by atoms with Crippen molar-refractivity contribution >= 4 is 23.2 Å². The van der Waals surface area contributed by atoms with Crippen LogP contribution in [0.25, 0.3) is 0 Å². The number of rotatable bonds is 1. The fraction of sp³-hybridized carbons (Fsp3) is 0.125. The molecule has 0 radical (unpaired) electrons. The Morgan fingerprint density at radius 2 is 1.83 bits per heavy atom. The number of hydrogen-bond donors (Lipinski definition) is 1. The van der Waals surface area contributed by atoms with Gasteiger partial charge in [-0.2, -0.15) is 5.26 Å². The minimum absolute atomic E-state index is 0.427. The Balaban J connectivity index is 3.23. The van der Waals surface area contributed by atoms with E-state index in [4.69, 9.17) is 34.2 Å². The highest BCUT2D eigenvalue weighted by atomic mass is 35.5. The summed E-state index contributed by atoms with van der Waals surface area (Å²) in [5.41, 5.74) is 5.96. The van der Waals surface area contributed by atoms with Crippen LogP contribution in [0.5, 0.6) is 0 Å². The maximum atomic E-state index is 8.54. The maximum Gasteiger partial charge on any atom is 0.121 e. The standard InChI is InChI=1S/C8H6Cl2N2/c9-5-2-1-3-6(10)8(5)7(12)4-11/h1-3,7H,12H2. The van der Waals surface area contributed by atoms with E-state index in [1.165, 1.54) is 0 Å². The molecule has 1 atom stereocenters. The molecule has 0 amide bonds. The molecule has 0 heterocycles. The zero-order chi connectivity index (χ0) is 9.14. The van der Waals surface area contributed by atoms with Crippen molar-refractivity contribution in [3.05, 3.63) is 33.8 Å². The highest BCUT2D eigenvalue weighted by Gasteiger charge is 2.12. The largest absolute Gasteiger partial charge is 0.312 e. The molecular weight excluding hydrogens is 195 g/mol. The molecule has 1 unspecified atom stereocenters. The summed E-state index contributed by atoms with van der Waals surface area (Å²) in [7, 11) is 0. The third-order valence-electron chi connectivity index (χ3n) is 1.45. The molecule has 1 aromatic carbocycles. The topological polar surface area (TPSA) is 49.8 Å². The van der Waals surface area contributed by atoms with Gasteiger partial charge < -0.3 is 5.73 Å². The van der Waals surface area contributed by atoms with Crippen molar-refractivity contribution in [2.24, 2.45) is 5.73 Å². The third-order valence-corrected chi connectivity index (χ3v) is 2.11. The molecular formula is C8H6Cl2N2. The molecule has 0 aromatic heterocycles. The van der Waals surface area contributed by atoms with Crippen LogP contribution in [-0.4, -0.2) is 0 Å². The second-order valence-corrected chi connectivity index (χ2v) is 3.06. The van der Waals surface area contributed by atoms with Gasteiger partial charge in [-0.3, -0.25) is 0 Å². The number of benzene rings is 1. The number of hydrogen-bond acceptors (Lipinski definition) is 2. The minimum Gasteiger partial charge on any atom is -0.312 e. The van der Waals surface area contributed by atoms with Crippen LogP contribution < -0.4 is 5.73 Å². The first-order chi connectivity index (χ1) is 5.66. The molecule has 62 valence electrons. The van der Waals surface area contributed by atoms with Gasteiger partial charge in [0, 0.05) is 15.6 Å². The van der Waals surface area contributed by atoms with E-state index in [9.17, 15) is 0 Å². The molecule has 2 N–H and O–H groups in total. The molecule has 1 aromatic rings. The van der Waals surface area contributed by atoms with Crippen molar-refractivity contribution in [2.75, 3.05) is 0 Å². The minimum atomic E-state index is -0.758. The molecule has 0 saturated carbocycles. The number of nitrogens with zero attached hydrogens (tertiary/aromatic N) is 1. The summed E-state index contributed by atoms with van der Waals surface area (Å²) in [6, 6.07) is 6.13. The summed E-state index contributed by atoms with van der Waals surface area (Å²) >= 11 is 11.6. The molecule has 4 heteroatoms. The van der Waals surface area contributed by atoms with Crippen LogP contribution in [0.4, 0.5) is 0 Å². The van der Waals surface area contributed by atoms with E-state index >= 15 is 0 Å². The number of nitriles is 1. The quantitative estimate of drug-likeness (QED) is 0.758. The molecule has 12 heavy (non-hydrogen) atoms. The van der Waals surface area contributed by atoms with Crippen LogP contribution in [0.3, 0.4) is 0 Å². The van der Waals surface area contributed by atoms with E-state index in [0.29, 0.717) is 15.6 Å². The lowest BCUT2D eigenvalue weighted by molar-refractivity contribution is 0.927. The van der Waals surface area contributed by atoms with Gasteiger partial charge >= 0.3 is 0 Å². The second-order valence-electron chi connectivity index (χ2n) is 2.24. The van der Waals surface area contributed by atoms with Crippen LogP contribution in [-0.2, 0) is 0 Å². The van der Waals surface area contributed by atoms with Crippen LogP contribution in [0, 0.1) is 11.3 Å². The van der Waals surface area contributed by atoms with Gasteiger partial charge in [-0.05, 0) is 12.1 Å². The Kier molecular flexibility index (Phi) is 2.93. The normalized spacial score (nSPS) is 12.2. The number of nitrogens with two attached hydrogens (primary N) is 1. The van der Waals surface area contributed by atoms with Gasteiger partial charge in [0.05, 0.1) is 6.07 Å². The van der Waals surface area contributed by atoms with Crippen LogP contribution in [0.2, 0.25) is 10.0 Å². The molecule has 0 aliphatic rings. The summed E-state index contributed by atoms with van der Waals surface area (Å²) < 4.78 is 0. The van der Waals surface area contributed by atoms with Crippen molar-refractivity contribution < 1.29 is 0 Å². The predicted octanol–water partition coefficient (Wildman–Crippen LogP) is 2.52. The first-order valence-electron chi connectivity index (χ1n) is 3.26. The first kappa shape index (κ1) is 9.34. The van der Waals surface area contributed by atoms with Crippen LogP contribution in [0.1, 0.15) is 11.6 Å². The van der Waals surface area contributed by atoms with E-state index in [1.54, 1.807) is 18.2 Å².